The molecule has 0 fully saturated rings. The molecule has 0 spiro atoms. The zero-order chi connectivity index (χ0) is 10.4. The molecule has 1 N–H and O–H groups in total. The van der Waals surface area contributed by atoms with Gasteiger partial charge >= 0.3 is 5.97 Å². The maximum absolute atomic E-state index is 10.8. The van der Waals surface area contributed by atoms with E-state index in [1.807, 2.05) is 6.08 Å². The summed E-state index contributed by atoms with van der Waals surface area (Å²) in [5, 5.41) is 12.9. The highest BCUT2D eigenvalue weighted by Gasteiger charge is 2.26. The lowest BCUT2D eigenvalue weighted by atomic mass is 10.0. The first-order valence-corrected chi connectivity index (χ1v) is 4.65. The van der Waals surface area contributed by atoms with E-state index >= 15 is 0 Å². The average molecular weight is 204 g/mol. The van der Waals surface area contributed by atoms with Gasteiger partial charge in [0.2, 0.25) is 5.76 Å². The van der Waals surface area contributed by atoms with Gasteiger partial charge in [0.05, 0.1) is 12.4 Å². The van der Waals surface area contributed by atoms with Crippen LogP contribution in [0.4, 0.5) is 0 Å². The maximum atomic E-state index is 10.8. The predicted octanol–water partition coefficient (Wildman–Crippen LogP) is 1.08. The number of rotatable bonds is 1. The number of aryl methyl sites for hydroxylation is 1. The fraction of sp³-hybridized carbons (Fsp3) is 0.200. The number of aliphatic carboxylic acids is 1. The number of allylic oxidation sites excluding steroid dienone is 1. The maximum Gasteiger partial charge on any atom is 0.373 e. The molecule has 1 aliphatic carbocycles. The molecule has 0 atom stereocenters. The fourth-order valence-corrected chi connectivity index (χ4v) is 1.85. The molecule has 5 heteroatoms. The van der Waals surface area contributed by atoms with E-state index in [4.69, 9.17) is 9.84 Å². The molecule has 3 rings (SSSR count). The van der Waals surface area contributed by atoms with E-state index in [1.165, 1.54) is 6.20 Å². The van der Waals surface area contributed by atoms with E-state index in [0.717, 1.165) is 24.1 Å². The van der Waals surface area contributed by atoms with Crippen molar-refractivity contribution in [2.24, 2.45) is 0 Å². The standard InChI is InChI=1S/C10H8N2O3/c13-10(14)8-5-12-9-6(4-11-12)2-1-3-7(9)15-8/h3-5H,1-2H2,(H,13,14). The number of hydrogen-bond acceptors (Lipinski definition) is 3. The predicted molar refractivity (Wildman–Crippen MR) is 51.5 cm³/mol. The molecule has 5 nitrogen and oxygen atoms in total. The van der Waals surface area contributed by atoms with Crippen LogP contribution in [-0.2, 0) is 16.0 Å². The lowest BCUT2D eigenvalue weighted by Gasteiger charge is -2.20. The molecule has 2 heterocycles. The molecule has 2 aliphatic rings. The third kappa shape index (κ3) is 1.09. The van der Waals surface area contributed by atoms with E-state index in [1.54, 1.807) is 10.9 Å². The largest absolute Gasteiger partial charge is 0.475 e. The average Bonchev–Trinajstić information content (AvgIpc) is 2.64. The van der Waals surface area contributed by atoms with Crippen LogP contribution in [0, 0.1) is 0 Å². The molecule has 0 radical (unpaired) electrons. The quantitative estimate of drug-likeness (QED) is 0.743. The molecule has 0 saturated heterocycles. The molecule has 15 heavy (non-hydrogen) atoms. The van der Waals surface area contributed by atoms with Crippen LogP contribution >= 0.6 is 0 Å². The Balaban J connectivity index is 2.20. The third-order valence-electron chi connectivity index (χ3n) is 2.52. The van der Waals surface area contributed by atoms with Crippen molar-refractivity contribution in [3.63, 3.8) is 0 Å². The molecular weight excluding hydrogens is 196 g/mol. The Morgan fingerprint density at radius 3 is 3.27 bits per heavy atom. The zero-order valence-electron chi connectivity index (χ0n) is 7.80. The highest BCUT2D eigenvalue weighted by molar-refractivity contribution is 5.90. The summed E-state index contributed by atoms with van der Waals surface area (Å²) in [6, 6.07) is 0. The Bertz CT molecular complexity index is 511. The first-order valence-electron chi connectivity index (χ1n) is 4.65. The zero-order valence-corrected chi connectivity index (χ0v) is 7.80. The van der Waals surface area contributed by atoms with Crippen molar-refractivity contribution >= 4 is 17.9 Å². The summed E-state index contributed by atoms with van der Waals surface area (Å²) in [5.41, 5.74) is 1.99. The Morgan fingerprint density at radius 2 is 2.47 bits per heavy atom. The van der Waals surface area contributed by atoms with Gasteiger partial charge in [0, 0.05) is 5.56 Å². The lowest BCUT2D eigenvalue weighted by Crippen LogP contribution is -2.15. The Hall–Kier alpha value is -2.04. The van der Waals surface area contributed by atoms with Crippen LogP contribution in [0.1, 0.15) is 17.7 Å². The number of ether oxygens (including phenoxy) is 1. The van der Waals surface area contributed by atoms with E-state index in [-0.39, 0.29) is 5.76 Å². The third-order valence-corrected chi connectivity index (χ3v) is 2.52. The van der Waals surface area contributed by atoms with Gasteiger partial charge < -0.3 is 9.84 Å². The number of carboxylic acids is 1. The Kier molecular flexibility index (Phi) is 1.50. The summed E-state index contributed by atoms with van der Waals surface area (Å²) in [5.74, 6) is -0.567. The second-order valence-electron chi connectivity index (χ2n) is 3.47. The Morgan fingerprint density at radius 1 is 1.60 bits per heavy atom. The molecular formula is C10H8N2O3. The summed E-state index contributed by atoms with van der Waals surface area (Å²) in [4.78, 5) is 10.8. The van der Waals surface area contributed by atoms with Gasteiger partial charge in [-0.25, -0.2) is 9.48 Å². The van der Waals surface area contributed by atoms with Gasteiger partial charge in [-0.1, -0.05) is 0 Å². The van der Waals surface area contributed by atoms with E-state index in [0.29, 0.717) is 5.76 Å². The number of aromatic nitrogens is 2. The second-order valence-corrected chi connectivity index (χ2v) is 3.47. The van der Waals surface area contributed by atoms with Crippen LogP contribution in [0.25, 0.3) is 12.0 Å². The van der Waals surface area contributed by atoms with Crippen LogP contribution < -0.4 is 0 Å². The van der Waals surface area contributed by atoms with Crippen LogP contribution in [0.3, 0.4) is 0 Å². The molecule has 0 amide bonds. The smallest absolute Gasteiger partial charge is 0.373 e. The summed E-state index contributed by atoms with van der Waals surface area (Å²) in [7, 11) is 0. The lowest BCUT2D eigenvalue weighted by molar-refractivity contribution is -0.135. The normalized spacial score (nSPS) is 17.3. The minimum absolute atomic E-state index is 0.0923. The molecule has 1 aromatic heterocycles. The minimum atomic E-state index is -1.08. The van der Waals surface area contributed by atoms with E-state index < -0.39 is 5.97 Å². The molecule has 0 bridgehead atoms. The number of hydrogen-bond donors (Lipinski definition) is 1. The van der Waals surface area contributed by atoms with Crippen molar-refractivity contribution < 1.29 is 14.6 Å². The summed E-state index contributed by atoms with van der Waals surface area (Å²) in [6.07, 6.45) is 6.84. The second kappa shape index (κ2) is 2.73. The summed E-state index contributed by atoms with van der Waals surface area (Å²) < 4.78 is 6.84. The van der Waals surface area contributed by atoms with Crippen molar-refractivity contribution in [3.8, 4) is 0 Å². The summed E-state index contributed by atoms with van der Waals surface area (Å²) >= 11 is 0. The summed E-state index contributed by atoms with van der Waals surface area (Å²) in [6.45, 7) is 0. The highest BCUT2D eigenvalue weighted by Crippen LogP contribution is 2.32. The van der Waals surface area contributed by atoms with E-state index in [9.17, 15) is 4.79 Å². The molecule has 1 aromatic rings. The van der Waals surface area contributed by atoms with Crippen LogP contribution in [-0.4, -0.2) is 20.9 Å². The molecule has 0 unspecified atom stereocenters. The van der Waals surface area contributed by atoms with Gasteiger partial charge in [-0.3, -0.25) is 0 Å². The Labute approximate surface area is 85.3 Å². The number of nitrogens with zero attached hydrogens (tertiary/aromatic N) is 2. The van der Waals surface area contributed by atoms with Gasteiger partial charge in [-0.05, 0) is 18.9 Å². The van der Waals surface area contributed by atoms with Crippen molar-refractivity contribution in [1.29, 1.82) is 0 Å². The molecule has 0 aromatic carbocycles. The minimum Gasteiger partial charge on any atom is -0.475 e. The van der Waals surface area contributed by atoms with Crippen molar-refractivity contribution in [1.82, 2.24) is 9.78 Å². The van der Waals surface area contributed by atoms with Gasteiger partial charge in [0.25, 0.3) is 0 Å². The van der Waals surface area contributed by atoms with Gasteiger partial charge in [-0.15, -0.1) is 0 Å². The van der Waals surface area contributed by atoms with Crippen molar-refractivity contribution in [2.75, 3.05) is 0 Å². The van der Waals surface area contributed by atoms with E-state index in [2.05, 4.69) is 5.10 Å². The monoisotopic (exact) mass is 204 g/mol. The molecule has 76 valence electrons. The van der Waals surface area contributed by atoms with Gasteiger partial charge in [0.15, 0.2) is 0 Å². The van der Waals surface area contributed by atoms with Crippen LogP contribution in [0.15, 0.2) is 18.0 Å². The van der Waals surface area contributed by atoms with Crippen LogP contribution in [0.2, 0.25) is 0 Å². The molecule has 1 aliphatic heterocycles. The molecule has 0 saturated carbocycles. The number of carbonyl (C=O) groups is 1. The van der Waals surface area contributed by atoms with Gasteiger partial charge in [0.1, 0.15) is 11.5 Å². The first-order chi connectivity index (χ1) is 7.25. The SMILES string of the molecule is O=C(O)C1=Cn2ncc3c2C(=CCC3)O1. The first kappa shape index (κ1) is 8.28. The van der Waals surface area contributed by atoms with Gasteiger partial charge in [-0.2, -0.15) is 5.10 Å². The highest BCUT2D eigenvalue weighted by atomic mass is 16.5. The number of carboxylic acid groups (broad SMARTS) is 1. The van der Waals surface area contributed by atoms with Crippen LogP contribution in [0.5, 0.6) is 0 Å². The fourth-order valence-electron chi connectivity index (χ4n) is 1.85. The topological polar surface area (TPSA) is 64.3 Å². The van der Waals surface area contributed by atoms with Crippen molar-refractivity contribution in [3.05, 3.63) is 29.3 Å². The van der Waals surface area contributed by atoms with Crippen molar-refractivity contribution in [2.45, 2.75) is 12.8 Å².